The molecule has 0 bridgehead atoms. The van der Waals surface area contributed by atoms with Crippen molar-refractivity contribution in [2.75, 3.05) is 11.6 Å². The highest BCUT2D eigenvalue weighted by Gasteiger charge is 2.33. The van der Waals surface area contributed by atoms with Crippen LogP contribution in [0.25, 0.3) is 0 Å². The highest BCUT2D eigenvalue weighted by molar-refractivity contribution is 6.38. The summed E-state index contributed by atoms with van der Waals surface area (Å²) in [6.45, 7) is -0.598. The van der Waals surface area contributed by atoms with E-state index in [2.05, 4.69) is 10.4 Å². The number of esters is 1. The number of halogens is 4. The second-order valence-corrected chi connectivity index (χ2v) is 5.99. The summed E-state index contributed by atoms with van der Waals surface area (Å²) in [5.41, 5.74) is -1.79. The topological polar surface area (TPSA) is 88.1 Å². The maximum Gasteiger partial charge on any atom is 0.355 e. The molecule has 0 radical (unpaired) electrons. The third kappa shape index (κ3) is 4.07. The fraction of sp³-hybridized carbons (Fsp3) is 0.375. The number of ether oxygens (including phenoxy) is 1. The highest BCUT2D eigenvalue weighted by Crippen LogP contribution is 2.30. The van der Waals surface area contributed by atoms with Crippen LogP contribution >= 0.6 is 0 Å². The lowest BCUT2D eigenvalue weighted by molar-refractivity contribution is -0.142. The van der Waals surface area contributed by atoms with Crippen LogP contribution < -0.4 is 10.3 Å². The monoisotopic (exact) mass is 387 g/mol. The molecule has 0 spiro atoms. The van der Waals surface area contributed by atoms with Gasteiger partial charge in [0.2, 0.25) is 5.91 Å². The lowest BCUT2D eigenvalue weighted by Gasteiger charge is -2.23. The fourth-order valence-electron chi connectivity index (χ4n) is 2.33. The molecule has 1 N–H and O–H groups in total. The van der Waals surface area contributed by atoms with Crippen LogP contribution in [0.15, 0.2) is 11.2 Å². The number of carbonyl (C=O) groups is 3. The molecule has 1 aliphatic heterocycles. The van der Waals surface area contributed by atoms with Crippen molar-refractivity contribution in [3.63, 3.8) is 0 Å². The molecule has 11 heteroatoms. The Hall–Kier alpha value is -2.98. The summed E-state index contributed by atoms with van der Waals surface area (Å²) < 4.78 is 59.3. The number of anilines is 1. The zero-order valence-corrected chi connectivity index (χ0v) is 13.7. The summed E-state index contributed by atoms with van der Waals surface area (Å²) in [4.78, 5) is 35.4. The van der Waals surface area contributed by atoms with Crippen molar-refractivity contribution in [1.29, 1.82) is 0 Å². The van der Waals surface area contributed by atoms with Crippen molar-refractivity contribution in [3.8, 4) is 0 Å². The first-order chi connectivity index (χ1) is 12.8. The minimum Gasteiger partial charge on any atom is -0.451 e. The van der Waals surface area contributed by atoms with E-state index in [0.717, 1.165) is 12.8 Å². The molecule has 1 aromatic carbocycles. The van der Waals surface area contributed by atoms with Gasteiger partial charge in [0.25, 0.3) is 5.91 Å². The molecule has 1 aromatic rings. The maximum absolute atomic E-state index is 13.9. The van der Waals surface area contributed by atoms with Crippen molar-refractivity contribution >= 4 is 29.2 Å². The van der Waals surface area contributed by atoms with E-state index >= 15 is 0 Å². The van der Waals surface area contributed by atoms with E-state index in [1.54, 1.807) is 0 Å². The molecule has 0 atom stereocenters. The fourth-order valence-corrected chi connectivity index (χ4v) is 2.33. The molecule has 2 amide bonds. The van der Waals surface area contributed by atoms with E-state index in [-0.39, 0.29) is 23.5 Å². The number of hydrogen-bond donors (Lipinski definition) is 1. The van der Waals surface area contributed by atoms with Gasteiger partial charge < -0.3 is 10.1 Å². The Labute approximate surface area is 150 Å². The van der Waals surface area contributed by atoms with Gasteiger partial charge in [-0.15, -0.1) is 0 Å². The van der Waals surface area contributed by atoms with E-state index in [4.69, 9.17) is 4.74 Å². The first-order valence-corrected chi connectivity index (χ1v) is 7.98. The SMILES string of the molecule is O=C(COC(=O)C1=NN(c2c(F)c(F)cc(F)c2F)C(=O)CC1)NC1CC1. The summed E-state index contributed by atoms with van der Waals surface area (Å²) in [6, 6.07) is 0.0464. The van der Waals surface area contributed by atoms with E-state index in [1.807, 2.05) is 0 Å². The van der Waals surface area contributed by atoms with E-state index < -0.39 is 65.5 Å². The van der Waals surface area contributed by atoms with Crippen LogP contribution in [0.1, 0.15) is 25.7 Å². The molecule has 0 saturated heterocycles. The third-order valence-electron chi connectivity index (χ3n) is 3.85. The molecule has 2 aliphatic rings. The van der Waals surface area contributed by atoms with Gasteiger partial charge in [0.05, 0.1) is 0 Å². The molecule has 3 rings (SSSR count). The normalized spacial score (nSPS) is 16.8. The largest absolute Gasteiger partial charge is 0.451 e. The van der Waals surface area contributed by atoms with Gasteiger partial charge in [0, 0.05) is 24.9 Å². The smallest absolute Gasteiger partial charge is 0.355 e. The molecule has 1 heterocycles. The molecule has 1 aliphatic carbocycles. The first-order valence-electron chi connectivity index (χ1n) is 7.98. The number of nitrogens with one attached hydrogen (secondary N) is 1. The second kappa shape index (κ2) is 7.33. The van der Waals surface area contributed by atoms with Crippen molar-refractivity contribution in [1.82, 2.24) is 5.32 Å². The Morgan fingerprint density at radius 1 is 1.15 bits per heavy atom. The Bertz CT molecular complexity index is 828. The van der Waals surface area contributed by atoms with Gasteiger partial charge in [-0.1, -0.05) is 0 Å². The molecular formula is C16H13F4N3O4. The van der Waals surface area contributed by atoms with Crippen LogP contribution in [0.4, 0.5) is 23.2 Å². The van der Waals surface area contributed by atoms with Gasteiger partial charge in [-0.25, -0.2) is 22.4 Å². The molecule has 27 heavy (non-hydrogen) atoms. The van der Waals surface area contributed by atoms with Crippen molar-refractivity contribution in [2.45, 2.75) is 31.7 Å². The van der Waals surface area contributed by atoms with Crippen LogP contribution in [0.2, 0.25) is 0 Å². The summed E-state index contributed by atoms with van der Waals surface area (Å²) in [7, 11) is 0. The zero-order valence-electron chi connectivity index (χ0n) is 13.7. The average molecular weight is 387 g/mol. The highest BCUT2D eigenvalue weighted by atomic mass is 19.2. The predicted molar refractivity (Wildman–Crippen MR) is 82.6 cm³/mol. The van der Waals surface area contributed by atoms with Crippen LogP contribution in [0.5, 0.6) is 0 Å². The standard InChI is InChI=1S/C16H13F4N3O4/c17-8-5-9(18)14(20)15(13(8)19)23-12(25)4-3-10(22-23)16(26)27-6-11(24)21-7-1-2-7/h5,7H,1-4,6H2,(H,21,24). The second-order valence-electron chi connectivity index (χ2n) is 5.99. The number of hydrogen-bond acceptors (Lipinski definition) is 5. The van der Waals surface area contributed by atoms with Crippen molar-refractivity contribution in [2.24, 2.45) is 5.10 Å². The van der Waals surface area contributed by atoms with Crippen molar-refractivity contribution in [3.05, 3.63) is 29.3 Å². The van der Waals surface area contributed by atoms with Crippen LogP contribution in [0, 0.1) is 23.3 Å². The van der Waals surface area contributed by atoms with Crippen LogP contribution in [0.3, 0.4) is 0 Å². The summed E-state index contributed by atoms with van der Waals surface area (Å²) >= 11 is 0. The summed E-state index contributed by atoms with van der Waals surface area (Å²) in [6.07, 6.45) is 1.05. The number of benzene rings is 1. The first kappa shape index (κ1) is 18.8. The molecular weight excluding hydrogens is 374 g/mol. The Morgan fingerprint density at radius 2 is 1.78 bits per heavy atom. The number of amides is 2. The molecule has 1 fully saturated rings. The minimum atomic E-state index is -1.83. The summed E-state index contributed by atoms with van der Waals surface area (Å²) in [5.74, 6) is -9.69. The molecule has 7 nitrogen and oxygen atoms in total. The molecule has 0 unspecified atom stereocenters. The quantitative estimate of drug-likeness (QED) is 0.472. The maximum atomic E-state index is 13.9. The lowest BCUT2D eigenvalue weighted by Crippen LogP contribution is -2.37. The Balaban J connectivity index is 1.79. The lowest BCUT2D eigenvalue weighted by atomic mass is 10.1. The van der Waals surface area contributed by atoms with Gasteiger partial charge in [0.1, 0.15) is 11.4 Å². The van der Waals surface area contributed by atoms with Gasteiger partial charge >= 0.3 is 5.97 Å². The third-order valence-corrected chi connectivity index (χ3v) is 3.85. The number of hydrazone groups is 1. The number of rotatable bonds is 5. The van der Waals surface area contributed by atoms with E-state index in [1.165, 1.54) is 0 Å². The number of carbonyl (C=O) groups excluding carboxylic acids is 3. The Morgan fingerprint density at radius 3 is 2.37 bits per heavy atom. The minimum absolute atomic E-state index is 0.0139. The Kier molecular flexibility index (Phi) is 5.10. The van der Waals surface area contributed by atoms with Crippen LogP contribution in [-0.4, -0.2) is 36.1 Å². The van der Waals surface area contributed by atoms with Gasteiger partial charge in [-0.3, -0.25) is 9.59 Å². The molecule has 144 valence electrons. The van der Waals surface area contributed by atoms with Crippen molar-refractivity contribution < 1.29 is 36.7 Å². The zero-order chi connectivity index (χ0) is 19.7. The summed E-state index contributed by atoms with van der Waals surface area (Å²) in [5, 5.41) is 6.13. The molecule has 0 aromatic heterocycles. The molecule has 1 saturated carbocycles. The van der Waals surface area contributed by atoms with Gasteiger partial charge in [-0.2, -0.15) is 10.1 Å². The van der Waals surface area contributed by atoms with Gasteiger partial charge in [0.15, 0.2) is 29.9 Å². The predicted octanol–water partition coefficient (Wildman–Crippen LogP) is 1.55. The van der Waals surface area contributed by atoms with Gasteiger partial charge in [-0.05, 0) is 12.8 Å². The average Bonchev–Trinajstić information content (AvgIpc) is 3.43. The number of nitrogens with zero attached hydrogens (tertiary/aromatic N) is 2. The van der Waals surface area contributed by atoms with E-state index in [9.17, 15) is 31.9 Å². The van der Waals surface area contributed by atoms with E-state index in [0.29, 0.717) is 0 Å². The van der Waals surface area contributed by atoms with Crippen LogP contribution in [-0.2, 0) is 19.1 Å².